The van der Waals surface area contributed by atoms with Gasteiger partial charge in [0, 0.05) is 6.54 Å². The van der Waals surface area contributed by atoms with Gasteiger partial charge in [-0.15, -0.1) is 0 Å². The van der Waals surface area contributed by atoms with E-state index in [1.54, 1.807) is 0 Å². The molecule has 3 N–H and O–H groups in total. The number of ether oxygens (including phenoxy) is 1. The summed E-state index contributed by atoms with van der Waals surface area (Å²) in [6.07, 6.45) is -0.453. The molecule has 4 heteroatoms. The molecule has 0 bridgehead atoms. The summed E-state index contributed by atoms with van der Waals surface area (Å²) < 4.78 is 5.27. The second kappa shape index (κ2) is 6.14. The van der Waals surface area contributed by atoms with Crippen LogP contribution in [0, 0.1) is 0 Å². The van der Waals surface area contributed by atoms with Crippen molar-refractivity contribution < 1.29 is 9.53 Å². The molecule has 0 heterocycles. The first-order chi connectivity index (χ1) is 9.89. The Kier molecular flexibility index (Phi) is 4.48. The highest BCUT2D eigenvalue weighted by molar-refractivity contribution is 5.83. The predicted octanol–water partition coefficient (Wildman–Crippen LogP) is 3.36. The molecule has 0 aliphatic carbocycles. The Morgan fingerprint density at radius 1 is 1.19 bits per heavy atom. The number of amides is 1. The molecule has 4 nitrogen and oxygen atoms in total. The maximum Gasteiger partial charge on any atom is 0.408 e. The minimum Gasteiger partial charge on any atom is -0.444 e. The molecule has 0 aliphatic rings. The fourth-order valence-corrected chi connectivity index (χ4v) is 2.15. The minimum atomic E-state index is -0.521. The number of nitrogens with one attached hydrogen (secondary N) is 1. The highest BCUT2D eigenvalue weighted by atomic mass is 16.6. The minimum absolute atomic E-state index is 0.260. The van der Waals surface area contributed by atoms with Crippen LogP contribution >= 0.6 is 0 Å². The van der Waals surface area contributed by atoms with Crippen molar-refractivity contribution in [3.63, 3.8) is 0 Å². The van der Waals surface area contributed by atoms with Crippen molar-refractivity contribution in [3.05, 3.63) is 48.0 Å². The Hall–Kier alpha value is -2.07. The molecule has 0 aliphatic heterocycles. The molecule has 1 amide bonds. The van der Waals surface area contributed by atoms with Crippen LogP contribution < -0.4 is 11.1 Å². The maximum absolute atomic E-state index is 11.9. The van der Waals surface area contributed by atoms with Crippen LogP contribution in [-0.2, 0) is 4.74 Å². The number of nitrogens with two attached hydrogens (primary N) is 1. The Bertz CT molecular complexity index is 632. The molecule has 0 saturated heterocycles. The maximum atomic E-state index is 11.9. The highest BCUT2D eigenvalue weighted by Crippen LogP contribution is 2.20. The van der Waals surface area contributed by atoms with E-state index >= 15 is 0 Å². The molecule has 0 spiro atoms. The van der Waals surface area contributed by atoms with E-state index in [0.717, 1.165) is 16.3 Å². The topological polar surface area (TPSA) is 64.3 Å². The first-order valence-electron chi connectivity index (χ1n) is 7.07. The zero-order valence-electron chi connectivity index (χ0n) is 12.7. The standard InChI is InChI=1S/C17H22N2O2/c1-17(2,3)21-16(20)19-15(11-18)14-9-8-12-6-4-5-7-13(12)10-14/h4-10,15H,11,18H2,1-3H3,(H,19,20)/t15-/m1/s1. The van der Waals surface area contributed by atoms with Crippen LogP contribution in [0.15, 0.2) is 42.5 Å². The van der Waals surface area contributed by atoms with E-state index in [2.05, 4.69) is 11.4 Å². The number of hydrogen-bond acceptors (Lipinski definition) is 3. The van der Waals surface area contributed by atoms with Gasteiger partial charge in [0.25, 0.3) is 0 Å². The van der Waals surface area contributed by atoms with Gasteiger partial charge in [0.2, 0.25) is 0 Å². The molecule has 2 rings (SSSR count). The zero-order chi connectivity index (χ0) is 15.5. The van der Waals surface area contributed by atoms with Crippen LogP contribution in [0.5, 0.6) is 0 Å². The fourth-order valence-electron chi connectivity index (χ4n) is 2.15. The highest BCUT2D eigenvalue weighted by Gasteiger charge is 2.19. The molecule has 0 fully saturated rings. The van der Waals surface area contributed by atoms with Crippen molar-refractivity contribution in [2.24, 2.45) is 5.73 Å². The lowest BCUT2D eigenvalue weighted by Gasteiger charge is -2.23. The normalized spacial score (nSPS) is 13.0. The second-order valence-electron chi connectivity index (χ2n) is 6.04. The van der Waals surface area contributed by atoms with E-state index in [4.69, 9.17) is 10.5 Å². The molecule has 2 aromatic carbocycles. The Labute approximate surface area is 125 Å². The Morgan fingerprint density at radius 3 is 2.48 bits per heavy atom. The number of carbonyl (C=O) groups excluding carboxylic acids is 1. The summed E-state index contributed by atoms with van der Waals surface area (Å²) in [4.78, 5) is 11.9. The number of rotatable bonds is 3. The van der Waals surface area contributed by atoms with Gasteiger partial charge in [-0.1, -0.05) is 36.4 Å². The number of benzene rings is 2. The first kappa shape index (κ1) is 15.3. The van der Waals surface area contributed by atoms with Gasteiger partial charge >= 0.3 is 6.09 Å². The molecular formula is C17H22N2O2. The van der Waals surface area contributed by atoms with Gasteiger partial charge in [-0.05, 0) is 43.2 Å². The fraction of sp³-hybridized carbons (Fsp3) is 0.353. The molecule has 0 radical (unpaired) electrons. The van der Waals surface area contributed by atoms with Crippen LogP contribution in [0.2, 0.25) is 0 Å². The molecule has 21 heavy (non-hydrogen) atoms. The molecule has 0 aromatic heterocycles. The molecule has 2 aromatic rings. The van der Waals surface area contributed by atoms with E-state index in [1.807, 2.05) is 57.2 Å². The van der Waals surface area contributed by atoms with Gasteiger partial charge in [0.05, 0.1) is 6.04 Å². The molecule has 1 atom stereocenters. The Morgan fingerprint density at radius 2 is 1.86 bits per heavy atom. The third-order valence-corrected chi connectivity index (χ3v) is 3.10. The van der Waals surface area contributed by atoms with Crippen molar-refractivity contribution in [1.82, 2.24) is 5.32 Å². The third kappa shape index (κ3) is 4.20. The van der Waals surface area contributed by atoms with Gasteiger partial charge in [-0.3, -0.25) is 0 Å². The Balaban J connectivity index is 2.17. The van der Waals surface area contributed by atoms with Gasteiger partial charge in [0.15, 0.2) is 0 Å². The van der Waals surface area contributed by atoms with Crippen LogP contribution in [0.1, 0.15) is 32.4 Å². The lowest BCUT2D eigenvalue weighted by Crippen LogP contribution is -2.37. The summed E-state index contributed by atoms with van der Waals surface area (Å²) in [7, 11) is 0. The van der Waals surface area contributed by atoms with Crippen LogP contribution in [0.25, 0.3) is 10.8 Å². The van der Waals surface area contributed by atoms with Gasteiger partial charge in [-0.2, -0.15) is 0 Å². The predicted molar refractivity (Wildman–Crippen MR) is 85.1 cm³/mol. The van der Waals surface area contributed by atoms with Crippen molar-refractivity contribution >= 4 is 16.9 Å². The SMILES string of the molecule is CC(C)(C)OC(=O)N[C@H](CN)c1ccc2ccccc2c1. The quantitative estimate of drug-likeness (QED) is 0.909. The number of hydrogen-bond donors (Lipinski definition) is 2. The van der Waals surface area contributed by atoms with Crippen molar-refractivity contribution in [1.29, 1.82) is 0 Å². The molecular weight excluding hydrogens is 264 g/mol. The zero-order valence-corrected chi connectivity index (χ0v) is 12.7. The number of alkyl carbamates (subject to hydrolysis) is 1. The van der Waals surface area contributed by atoms with Crippen molar-refractivity contribution in [3.8, 4) is 0 Å². The van der Waals surface area contributed by atoms with Crippen LogP contribution in [-0.4, -0.2) is 18.2 Å². The number of fused-ring (bicyclic) bond motifs is 1. The van der Waals surface area contributed by atoms with E-state index < -0.39 is 11.7 Å². The van der Waals surface area contributed by atoms with Crippen LogP contribution in [0.4, 0.5) is 4.79 Å². The van der Waals surface area contributed by atoms with Crippen molar-refractivity contribution in [2.75, 3.05) is 6.54 Å². The summed E-state index contributed by atoms with van der Waals surface area (Å²) in [6, 6.07) is 13.9. The largest absolute Gasteiger partial charge is 0.444 e. The smallest absolute Gasteiger partial charge is 0.408 e. The summed E-state index contributed by atoms with van der Waals surface area (Å²) in [5.74, 6) is 0. The number of carbonyl (C=O) groups is 1. The molecule has 112 valence electrons. The van der Waals surface area contributed by atoms with E-state index in [0.29, 0.717) is 6.54 Å². The first-order valence-corrected chi connectivity index (χ1v) is 7.07. The van der Waals surface area contributed by atoms with Gasteiger partial charge < -0.3 is 15.8 Å². The van der Waals surface area contributed by atoms with Crippen molar-refractivity contribution in [2.45, 2.75) is 32.4 Å². The third-order valence-electron chi connectivity index (χ3n) is 3.10. The van der Waals surface area contributed by atoms with E-state index in [-0.39, 0.29) is 6.04 Å². The lowest BCUT2D eigenvalue weighted by atomic mass is 10.0. The summed E-state index contributed by atoms with van der Waals surface area (Å²) in [6.45, 7) is 5.82. The summed E-state index contributed by atoms with van der Waals surface area (Å²) in [5.41, 5.74) is 6.24. The average Bonchev–Trinajstić information content (AvgIpc) is 2.42. The average molecular weight is 286 g/mol. The monoisotopic (exact) mass is 286 g/mol. The summed E-state index contributed by atoms with van der Waals surface area (Å²) in [5, 5.41) is 5.10. The second-order valence-corrected chi connectivity index (χ2v) is 6.04. The van der Waals surface area contributed by atoms with Gasteiger partial charge in [-0.25, -0.2) is 4.79 Å². The van der Waals surface area contributed by atoms with E-state index in [9.17, 15) is 4.79 Å². The van der Waals surface area contributed by atoms with E-state index in [1.165, 1.54) is 0 Å². The summed E-state index contributed by atoms with van der Waals surface area (Å²) >= 11 is 0. The molecule has 0 unspecified atom stereocenters. The lowest BCUT2D eigenvalue weighted by molar-refractivity contribution is 0.0505. The van der Waals surface area contributed by atoms with Crippen LogP contribution in [0.3, 0.4) is 0 Å². The molecule has 0 saturated carbocycles. The van der Waals surface area contributed by atoms with Gasteiger partial charge in [0.1, 0.15) is 5.60 Å².